The third kappa shape index (κ3) is 4.11. The van der Waals surface area contributed by atoms with Crippen LogP contribution in [-0.2, 0) is 19.3 Å². The molecule has 0 bridgehead atoms. The van der Waals surface area contributed by atoms with Crippen molar-refractivity contribution in [3.05, 3.63) is 32.9 Å². The summed E-state index contributed by atoms with van der Waals surface area (Å²) in [5.41, 5.74) is 3.72. The minimum absolute atomic E-state index is 0.867. The molecule has 2 aromatic heterocycles. The fraction of sp³-hybridized carbons (Fsp3) is 0.500. The van der Waals surface area contributed by atoms with Crippen molar-refractivity contribution in [3.63, 3.8) is 0 Å². The number of aromatic nitrogens is 2. The van der Waals surface area contributed by atoms with Gasteiger partial charge < -0.3 is 5.32 Å². The van der Waals surface area contributed by atoms with Crippen LogP contribution in [0.3, 0.4) is 0 Å². The first-order valence-electron chi connectivity index (χ1n) is 7.53. The molecule has 0 aliphatic rings. The number of hydrogen-bond acceptors (Lipinski definition) is 4. The molecule has 0 unspecified atom stereocenters. The molecule has 2 rings (SSSR count). The number of halogens is 1. The average Bonchev–Trinajstić information content (AvgIpc) is 2.93. The summed E-state index contributed by atoms with van der Waals surface area (Å²) in [5.74, 6) is 0.867. The van der Waals surface area contributed by atoms with Gasteiger partial charge in [-0.3, -0.25) is 0 Å². The second-order valence-corrected chi connectivity index (χ2v) is 6.69. The van der Waals surface area contributed by atoms with Crippen LogP contribution in [0.25, 0.3) is 10.7 Å². The van der Waals surface area contributed by atoms with Gasteiger partial charge in [0.1, 0.15) is 0 Å². The lowest BCUT2D eigenvalue weighted by atomic mass is 10.0. The molecule has 2 heterocycles. The molecule has 3 nitrogen and oxygen atoms in total. The molecule has 0 fully saturated rings. The summed E-state index contributed by atoms with van der Waals surface area (Å²) >= 11 is 5.19. The minimum Gasteiger partial charge on any atom is -0.317 e. The van der Waals surface area contributed by atoms with E-state index >= 15 is 0 Å². The molecular weight excluding hydrogens is 346 g/mol. The molecule has 114 valence electrons. The smallest absolute Gasteiger partial charge is 0.169 e. The molecule has 0 aromatic carbocycles. The van der Waals surface area contributed by atoms with Gasteiger partial charge in [0.15, 0.2) is 5.82 Å². The SMILES string of the molecule is CCNCCc1c(CC)nc(-c2cc(Br)cs2)nc1CC. The van der Waals surface area contributed by atoms with Gasteiger partial charge in [0.05, 0.1) is 4.88 Å². The zero-order valence-corrected chi connectivity index (χ0v) is 15.3. The average molecular weight is 368 g/mol. The Hall–Kier alpha value is -0.780. The summed E-state index contributed by atoms with van der Waals surface area (Å²) in [4.78, 5) is 10.8. The molecule has 0 saturated carbocycles. The quantitative estimate of drug-likeness (QED) is 0.743. The lowest BCUT2D eigenvalue weighted by molar-refractivity contribution is 0.702. The molecule has 0 spiro atoms. The van der Waals surface area contributed by atoms with Crippen LogP contribution in [0.4, 0.5) is 0 Å². The van der Waals surface area contributed by atoms with Gasteiger partial charge in [0, 0.05) is 21.2 Å². The molecule has 0 amide bonds. The van der Waals surface area contributed by atoms with Crippen molar-refractivity contribution in [3.8, 4) is 10.7 Å². The fourth-order valence-electron chi connectivity index (χ4n) is 2.39. The number of rotatable bonds is 7. The number of hydrogen-bond donors (Lipinski definition) is 1. The van der Waals surface area contributed by atoms with E-state index in [4.69, 9.17) is 9.97 Å². The van der Waals surface area contributed by atoms with Crippen molar-refractivity contribution in [1.82, 2.24) is 15.3 Å². The van der Waals surface area contributed by atoms with Gasteiger partial charge in [0.25, 0.3) is 0 Å². The van der Waals surface area contributed by atoms with Crippen molar-refractivity contribution in [1.29, 1.82) is 0 Å². The Morgan fingerprint density at radius 3 is 2.29 bits per heavy atom. The second-order valence-electron chi connectivity index (χ2n) is 4.86. The van der Waals surface area contributed by atoms with Crippen molar-refractivity contribution < 1.29 is 0 Å². The van der Waals surface area contributed by atoms with E-state index in [2.05, 4.69) is 53.5 Å². The van der Waals surface area contributed by atoms with E-state index in [9.17, 15) is 0 Å². The predicted octanol–water partition coefficient (Wildman–Crippen LogP) is 4.24. The summed E-state index contributed by atoms with van der Waals surface area (Å²) in [7, 11) is 0. The van der Waals surface area contributed by atoms with Crippen LogP contribution in [0.5, 0.6) is 0 Å². The van der Waals surface area contributed by atoms with E-state index in [1.165, 1.54) is 17.0 Å². The van der Waals surface area contributed by atoms with E-state index in [1.807, 2.05) is 0 Å². The molecular formula is C16H22BrN3S. The Balaban J connectivity index is 2.38. The molecule has 0 aliphatic heterocycles. The Labute approximate surface area is 139 Å². The van der Waals surface area contributed by atoms with Crippen molar-refractivity contribution in [2.24, 2.45) is 0 Å². The maximum atomic E-state index is 4.81. The topological polar surface area (TPSA) is 37.8 Å². The lowest BCUT2D eigenvalue weighted by Crippen LogP contribution is -2.18. The third-order valence-electron chi connectivity index (χ3n) is 3.44. The molecule has 0 atom stereocenters. The first-order valence-corrected chi connectivity index (χ1v) is 9.20. The number of nitrogens with one attached hydrogen (secondary N) is 1. The highest BCUT2D eigenvalue weighted by atomic mass is 79.9. The van der Waals surface area contributed by atoms with E-state index < -0.39 is 0 Å². The summed E-state index contributed by atoms with van der Waals surface area (Å²) < 4.78 is 1.10. The van der Waals surface area contributed by atoms with Gasteiger partial charge in [-0.05, 0) is 59.9 Å². The normalized spacial score (nSPS) is 11.0. The first kappa shape index (κ1) is 16.6. The Morgan fingerprint density at radius 1 is 1.14 bits per heavy atom. The van der Waals surface area contributed by atoms with E-state index in [1.54, 1.807) is 11.3 Å². The highest BCUT2D eigenvalue weighted by molar-refractivity contribution is 9.10. The summed E-state index contributed by atoms with van der Waals surface area (Å²) in [6.45, 7) is 8.48. The zero-order valence-electron chi connectivity index (χ0n) is 12.9. The van der Waals surface area contributed by atoms with Gasteiger partial charge in [0.2, 0.25) is 0 Å². The van der Waals surface area contributed by atoms with Crippen LogP contribution >= 0.6 is 27.3 Å². The Bertz CT molecular complexity index is 570. The van der Waals surface area contributed by atoms with Gasteiger partial charge in [-0.15, -0.1) is 11.3 Å². The lowest BCUT2D eigenvalue weighted by Gasteiger charge is -2.13. The molecule has 2 aromatic rings. The molecule has 0 saturated heterocycles. The van der Waals surface area contributed by atoms with Crippen LogP contribution in [0, 0.1) is 0 Å². The maximum absolute atomic E-state index is 4.81. The highest BCUT2D eigenvalue weighted by Crippen LogP contribution is 2.29. The number of nitrogens with zero attached hydrogens (tertiary/aromatic N) is 2. The van der Waals surface area contributed by atoms with Crippen molar-refractivity contribution >= 4 is 27.3 Å². The monoisotopic (exact) mass is 367 g/mol. The Kier molecular flexibility index (Phi) is 6.33. The van der Waals surface area contributed by atoms with Crippen molar-refractivity contribution in [2.75, 3.05) is 13.1 Å². The third-order valence-corrected chi connectivity index (χ3v) is 5.12. The molecule has 1 N–H and O–H groups in total. The molecule has 21 heavy (non-hydrogen) atoms. The van der Waals surface area contributed by atoms with Gasteiger partial charge in [-0.25, -0.2) is 9.97 Å². The number of thiophene rings is 1. The molecule has 0 radical (unpaired) electrons. The summed E-state index contributed by atoms with van der Waals surface area (Å²) in [6, 6.07) is 2.09. The first-order chi connectivity index (χ1) is 10.2. The van der Waals surface area contributed by atoms with Crippen LogP contribution in [0.1, 0.15) is 37.7 Å². The van der Waals surface area contributed by atoms with Gasteiger partial charge in [-0.2, -0.15) is 0 Å². The zero-order chi connectivity index (χ0) is 15.2. The number of likely N-dealkylation sites (N-methyl/N-ethyl adjacent to an activating group) is 1. The highest BCUT2D eigenvalue weighted by Gasteiger charge is 2.14. The standard InChI is InChI=1S/C16H22BrN3S/c1-4-13-12(7-8-18-6-3)14(5-2)20-16(19-13)15-9-11(17)10-21-15/h9-10,18H,4-8H2,1-3H3. The summed E-state index contributed by atoms with van der Waals surface area (Å²) in [6.07, 6.45) is 2.92. The van der Waals surface area contributed by atoms with Gasteiger partial charge in [-0.1, -0.05) is 20.8 Å². The van der Waals surface area contributed by atoms with Crippen LogP contribution in [0.2, 0.25) is 0 Å². The van der Waals surface area contributed by atoms with Crippen LogP contribution < -0.4 is 5.32 Å². The molecule has 5 heteroatoms. The van der Waals surface area contributed by atoms with Gasteiger partial charge >= 0.3 is 0 Å². The van der Waals surface area contributed by atoms with E-state index in [0.717, 1.165) is 47.5 Å². The largest absolute Gasteiger partial charge is 0.317 e. The van der Waals surface area contributed by atoms with Crippen LogP contribution in [0.15, 0.2) is 15.9 Å². The second kappa shape index (κ2) is 8.01. The Morgan fingerprint density at radius 2 is 1.81 bits per heavy atom. The molecule has 0 aliphatic carbocycles. The van der Waals surface area contributed by atoms with Crippen molar-refractivity contribution in [2.45, 2.75) is 40.0 Å². The fourth-order valence-corrected chi connectivity index (χ4v) is 3.75. The maximum Gasteiger partial charge on any atom is 0.169 e. The number of aryl methyl sites for hydroxylation is 2. The van der Waals surface area contributed by atoms with E-state index in [-0.39, 0.29) is 0 Å². The van der Waals surface area contributed by atoms with Crippen LogP contribution in [-0.4, -0.2) is 23.1 Å². The van der Waals surface area contributed by atoms with E-state index in [0.29, 0.717) is 0 Å². The summed E-state index contributed by atoms with van der Waals surface area (Å²) in [5, 5.41) is 5.47. The predicted molar refractivity (Wildman–Crippen MR) is 94.0 cm³/mol. The minimum atomic E-state index is 0.867.